The van der Waals surface area contributed by atoms with Crippen LogP contribution in [0.4, 0.5) is 5.69 Å². The molecule has 0 bridgehead atoms. The molecule has 1 N–H and O–H groups in total. The van der Waals surface area contributed by atoms with E-state index in [0.29, 0.717) is 12.5 Å². The molecule has 0 spiro atoms. The molecule has 17 heavy (non-hydrogen) atoms. The average Bonchev–Trinajstić information content (AvgIpc) is 2.30. The Bertz CT molecular complexity index is 344. The van der Waals surface area contributed by atoms with Gasteiger partial charge in [-0.3, -0.25) is 0 Å². The molecule has 0 radical (unpaired) electrons. The minimum Gasteiger partial charge on any atom is -0.384 e. The molecule has 1 rings (SSSR count). The van der Waals surface area contributed by atoms with Gasteiger partial charge in [-0.25, -0.2) is 0 Å². The Morgan fingerprint density at radius 2 is 2.06 bits per heavy atom. The number of ether oxygens (including phenoxy) is 2. The highest BCUT2D eigenvalue weighted by Gasteiger charge is 2.07. The van der Waals surface area contributed by atoms with Gasteiger partial charge in [0, 0.05) is 36.5 Å². The topological polar surface area (TPSA) is 30.5 Å². The van der Waals surface area contributed by atoms with Crippen LogP contribution in [0.1, 0.15) is 12.5 Å². The van der Waals surface area contributed by atoms with E-state index >= 15 is 0 Å². The van der Waals surface area contributed by atoms with Crippen LogP contribution in [0.2, 0.25) is 0 Å². The highest BCUT2D eigenvalue weighted by Crippen LogP contribution is 2.25. The molecular weight excluding hydrogens is 282 g/mol. The highest BCUT2D eigenvalue weighted by molar-refractivity contribution is 9.10. The van der Waals surface area contributed by atoms with E-state index < -0.39 is 0 Å². The number of hydrogen-bond donors (Lipinski definition) is 1. The maximum atomic E-state index is 5.21. The lowest BCUT2D eigenvalue weighted by Crippen LogP contribution is -2.16. The van der Waals surface area contributed by atoms with Gasteiger partial charge < -0.3 is 14.8 Å². The van der Waals surface area contributed by atoms with Gasteiger partial charge >= 0.3 is 0 Å². The highest BCUT2D eigenvalue weighted by atomic mass is 79.9. The van der Waals surface area contributed by atoms with Gasteiger partial charge in [0.25, 0.3) is 0 Å². The van der Waals surface area contributed by atoms with Crippen molar-refractivity contribution in [3.63, 3.8) is 0 Å². The Morgan fingerprint density at radius 3 is 2.71 bits per heavy atom. The molecule has 1 atom stereocenters. The standard InChI is InChI=1S/C13H20BrNO2/c1-10(8-16-2)7-15-13-6-4-5-12(14)11(13)9-17-3/h4-6,10,15H,7-9H2,1-3H3. The molecule has 1 aromatic rings. The van der Waals surface area contributed by atoms with E-state index in [9.17, 15) is 0 Å². The molecule has 1 unspecified atom stereocenters. The van der Waals surface area contributed by atoms with Crippen LogP contribution < -0.4 is 5.32 Å². The van der Waals surface area contributed by atoms with Crippen LogP contribution in [0.3, 0.4) is 0 Å². The average molecular weight is 302 g/mol. The zero-order chi connectivity index (χ0) is 12.7. The van der Waals surface area contributed by atoms with E-state index in [1.54, 1.807) is 14.2 Å². The molecule has 0 aromatic heterocycles. The van der Waals surface area contributed by atoms with Crippen LogP contribution in [-0.4, -0.2) is 27.4 Å². The van der Waals surface area contributed by atoms with E-state index in [1.807, 2.05) is 12.1 Å². The Balaban J connectivity index is 2.66. The molecular formula is C13H20BrNO2. The number of nitrogens with one attached hydrogen (secondary N) is 1. The monoisotopic (exact) mass is 301 g/mol. The van der Waals surface area contributed by atoms with Gasteiger partial charge in [0.05, 0.1) is 13.2 Å². The van der Waals surface area contributed by atoms with Gasteiger partial charge in [-0.05, 0) is 18.1 Å². The third-order valence-electron chi connectivity index (χ3n) is 2.50. The summed E-state index contributed by atoms with van der Waals surface area (Å²) in [6.45, 7) is 4.41. The largest absolute Gasteiger partial charge is 0.384 e. The van der Waals surface area contributed by atoms with Crippen molar-refractivity contribution >= 4 is 21.6 Å². The molecule has 0 amide bonds. The van der Waals surface area contributed by atoms with Gasteiger partial charge in [-0.1, -0.05) is 28.9 Å². The molecule has 0 aliphatic heterocycles. The maximum absolute atomic E-state index is 5.21. The summed E-state index contributed by atoms with van der Waals surface area (Å²) < 4.78 is 11.4. The van der Waals surface area contributed by atoms with Crippen molar-refractivity contribution in [3.05, 3.63) is 28.2 Å². The fraction of sp³-hybridized carbons (Fsp3) is 0.538. The predicted octanol–water partition coefficient (Wildman–Crippen LogP) is 3.29. The van der Waals surface area contributed by atoms with Crippen LogP contribution in [0.5, 0.6) is 0 Å². The summed E-state index contributed by atoms with van der Waals surface area (Å²) in [7, 11) is 3.43. The first kappa shape index (κ1) is 14.5. The van der Waals surface area contributed by atoms with Crippen molar-refractivity contribution in [2.75, 3.05) is 32.7 Å². The zero-order valence-electron chi connectivity index (χ0n) is 10.6. The fourth-order valence-electron chi connectivity index (χ4n) is 1.64. The molecule has 0 saturated carbocycles. The molecule has 0 heterocycles. The van der Waals surface area contributed by atoms with Crippen LogP contribution in [0, 0.1) is 5.92 Å². The first-order valence-electron chi connectivity index (χ1n) is 5.68. The van der Waals surface area contributed by atoms with Crippen molar-refractivity contribution < 1.29 is 9.47 Å². The van der Waals surface area contributed by atoms with Crippen molar-refractivity contribution in [1.29, 1.82) is 0 Å². The van der Waals surface area contributed by atoms with Crippen molar-refractivity contribution in [2.45, 2.75) is 13.5 Å². The lowest BCUT2D eigenvalue weighted by Gasteiger charge is -2.16. The lowest BCUT2D eigenvalue weighted by atomic mass is 10.1. The van der Waals surface area contributed by atoms with Crippen LogP contribution >= 0.6 is 15.9 Å². The zero-order valence-corrected chi connectivity index (χ0v) is 12.2. The number of benzene rings is 1. The summed E-state index contributed by atoms with van der Waals surface area (Å²) in [5.41, 5.74) is 2.27. The van der Waals surface area contributed by atoms with Crippen molar-refractivity contribution in [2.24, 2.45) is 5.92 Å². The van der Waals surface area contributed by atoms with Gasteiger partial charge in [0.15, 0.2) is 0 Å². The molecule has 1 aromatic carbocycles. The minimum atomic E-state index is 0.481. The Morgan fingerprint density at radius 1 is 1.29 bits per heavy atom. The lowest BCUT2D eigenvalue weighted by molar-refractivity contribution is 0.164. The van der Waals surface area contributed by atoms with Gasteiger partial charge in [-0.2, -0.15) is 0 Å². The van der Waals surface area contributed by atoms with Crippen LogP contribution in [-0.2, 0) is 16.1 Å². The van der Waals surface area contributed by atoms with E-state index in [-0.39, 0.29) is 0 Å². The van der Waals surface area contributed by atoms with Crippen molar-refractivity contribution in [1.82, 2.24) is 0 Å². The Kier molecular flexibility index (Phi) is 6.55. The second-order valence-corrected chi connectivity index (χ2v) is 4.99. The summed E-state index contributed by atoms with van der Waals surface area (Å²) in [4.78, 5) is 0. The second-order valence-electron chi connectivity index (χ2n) is 4.14. The molecule has 0 saturated heterocycles. The SMILES string of the molecule is COCc1c(Br)cccc1NCC(C)COC. The molecule has 0 fully saturated rings. The first-order chi connectivity index (χ1) is 8.19. The predicted molar refractivity (Wildman–Crippen MR) is 74.4 cm³/mol. The van der Waals surface area contributed by atoms with E-state index in [0.717, 1.165) is 28.9 Å². The summed E-state index contributed by atoms with van der Waals surface area (Å²) in [5.74, 6) is 0.481. The quantitative estimate of drug-likeness (QED) is 0.838. The fourth-order valence-corrected chi connectivity index (χ4v) is 2.12. The molecule has 0 aliphatic rings. The van der Waals surface area contributed by atoms with Crippen LogP contribution in [0.25, 0.3) is 0 Å². The maximum Gasteiger partial charge on any atom is 0.0744 e. The summed E-state index contributed by atoms with van der Waals surface area (Å²) in [5, 5.41) is 3.43. The first-order valence-corrected chi connectivity index (χ1v) is 6.47. The molecule has 3 nitrogen and oxygen atoms in total. The van der Waals surface area contributed by atoms with Gasteiger partial charge in [0.1, 0.15) is 0 Å². The van der Waals surface area contributed by atoms with E-state index in [1.165, 1.54) is 0 Å². The number of halogens is 1. The normalized spacial score (nSPS) is 12.5. The Hall–Kier alpha value is -0.580. The van der Waals surface area contributed by atoms with Gasteiger partial charge in [0.2, 0.25) is 0 Å². The third-order valence-corrected chi connectivity index (χ3v) is 3.24. The van der Waals surface area contributed by atoms with E-state index in [4.69, 9.17) is 9.47 Å². The second kappa shape index (κ2) is 7.69. The summed E-state index contributed by atoms with van der Waals surface area (Å²) in [6.07, 6.45) is 0. The number of methoxy groups -OCH3 is 2. The summed E-state index contributed by atoms with van der Waals surface area (Å²) in [6, 6.07) is 6.11. The van der Waals surface area contributed by atoms with Crippen LogP contribution in [0.15, 0.2) is 22.7 Å². The third kappa shape index (κ3) is 4.66. The summed E-state index contributed by atoms with van der Waals surface area (Å²) >= 11 is 3.54. The molecule has 4 heteroatoms. The van der Waals surface area contributed by atoms with Gasteiger partial charge in [-0.15, -0.1) is 0 Å². The Labute approximate surface area is 112 Å². The number of hydrogen-bond acceptors (Lipinski definition) is 3. The van der Waals surface area contributed by atoms with E-state index in [2.05, 4.69) is 34.2 Å². The number of anilines is 1. The molecule has 0 aliphatic carbocycles. The van der Waals surface area contributed by atoms with Crippen molar-refractivity contribution in [3.8, 4) is 0 Å². The minimum absolute atomic E-state index is 0.481. The molecule has 96 valence electrons. The number of rotatable bonds is 7. The smallest absolute Gasteiger partial charge is 0.0744 e.